The van der Waals surface area contributed by atoms with Crippen LogP contribution in [0.15, 0.2) is 29.2 Å². The minimum absolute atomic E-state index is 0.0218. The number of rotatable bonds is 3. The number of amides is 1. The average Bonchev–Trinajstić information content (AvgIpc) is 2.45. The van der Waals surface area contributed by atoms with E-state index in [-0.39, 0.29) is 22.7 Å². The van der Waals surface area contributed by atoms with Gasteiger partial charge in [0, 0.05) is 18.1 Å². The van der Waals surface area contributed by atoms with Crippen LogP contribution in [0.5, 0.6) is 0 Å². The van der Waals surface area contributed by atoms with Crippen molar-refractivity contribution < 1.29 is 17.9 Å². The van der Waals surface area contributed by atoms with E-state index in [1.807, 2.05) is 20.8 Å². The van der Waals surface area contributed by atoms with Gasteiger partial charge in [-0.2, -0.15) is 0 Å². The highest BCUT2D eigenvalue weighted by atomic mass is 35.5. The summed E-state index contributed by atoms with van der Waals surface area (Å²) in [5, 5.41) is 0.503. The SMILES string of the molecule is CC(C)(C)OC(=O)N1CCCC(CS(=O)(=O)c2ccc(Cl)cc2)C1. The highest BCUT2D eigenvalue weighted by molar-refractivity contribution is 7.91. The van der Waals surface area contributed by atoms with Crippen molar-refractivity contribution in [2.45, 2.75) is 44.1 Å². The van der Waals surface area contributed by atoms with Gasteiger partial charge in [-0.1, -0.05) is 11.6 Å². The predicted octanol–water partition coefficient (Wildman–Crippen LogP) is 3.76. The molecule has 0 N–H and O–H groups in total. The number of halogens is 1. The molecule has 1 aliphatic rings. The van der Waals surface area contributed by atoms with E-state index in [9.17, 15) is 13.2 Å². The fraction of sp³-hybridized carbons (Fsp3) is 0.588. The van der Waals surface area contributed by atoms with Crippen LogP contribution in [0.3, 0.4) is 0 Å². The maximum atomic E-state index is 12.5. The molecule has 0 bridgehead atoms. The minimum Gasteiger partial charge on any atom is -0.444 e. The van der Waals surface area contributed by atoms with E-state index in [1.165, 1.54) is 12.1 Å². The second kappa shape index (κ2) is 7.31. The first kappa shape index (κ1) is 19.1. The number of carbonyl (C=O) groups excluding carboxylic acids is 1. The van der Waals surface area contributed by atoms with Gasteiger partial charge in [-0.25, -0.2) is 13.2 Å². The Bertz CT molecular complexity index is 680. The molecule has 0 radical (unpaired) electrons. The smallest absolute Gasteiger partial charge is 0.410 e. The molecular formula is C17H24ClNO4S. The number of hydrogen-bond donors (Lipinski definition) is 0. The Morgan fingerprint density at radius 2 is 1.92 bits per heavy atom. The number of likely N-dealkylation sites (tertiary alicyclic amines) is 1. The molecule has 1 aromatic carbocycles. The molecule has 1 aromatic rings. The first-order valence-electron chi connectivity index (χ1n) is 8.03. The summed E-state index contributed by atoms with van der Waals surface area (Å²) in [5.74, 6) is -0.0690. The van der Waals surface area contributed by atoms with Gasteiger partial charge in [0.15, 0.2) is 9.84 Å². The molecule has 1 fully saturated rings. The van der Waals surface area contributed by atoms with Crippen molar-refractivity contribution in [2.24, 2.45) is 5.92 Å². The van der Waals surface area contributed by atoms with Crippen molar-refractivity contribution in [3.63, 3.8) is 0 Å². The number of benzene rings is 1. The molecule has 1 atom stereocenters. The third-order valence-electron chi connectivity index (χ3n) is 3.80. The van der Waals surface area contributed by atoms with Crippen molar-refractivity contribution in [3.05, 3.63) is 29.3 Å². The summed E-state index contributed by atoms with van der Waals surface area (Å²) in [6.07, 6.45) is 1.18. The minimum atomic E-state index is -3.40. The topological polar surface area (TPSA) is 63.7 Å². The summed E-state index contributed by atoms with van der Waals surface area (Å²) >= 11 is 5.81. The van der Waals surface area contributed by atoms with Crippen molar-refractivity contribution in [3.8, 4) is 0 Å². The zero-order valence-electron chi connectivity index (χ0n) is 14.3. The summed E-state index contributed by atoms with van der Waals surface area (Å²) in [6, 6.07) is 6.18. The van der Waals surface area contributed by atoms with Crippen LogP contribution in [-0.4, -0.2) is 43.9 Å². The van der Waals surface area contributed by atoms with Crippen LogP contribution in [0.2, 0.25) is 5.02 Å². The first-order chi connectivity index (χ1) is 11.1. The number of nitrogens with zero attached hydrogens (tertiary/aromatic N) is 1. The molecule has 1 amide bonds. The van der Waals surface area contributed by atoms with Gasteiger partial charge in [0.25, 0.3) is 0 Å². The summed E-state index contributed by atoms with van der Waals surface area (Å²) < 4.78 is 30.5. The summed E-state index contributed by atoms with van der Waals surface area (Å²) in [7, 11) is -3.40. The molecule has 24 heavy (non-hydrogen) atoms. The van der Waals surface area contributed by atoms with Gasteiger partial charge < -0.3 is 9.64 Å². The lowest BCUT2D eigenvalue weighted by atomic mass is 10.0. The molecular weight excluding hydrogens is 350 g/mol. The Hall–Kier alpha value is -1.27. The largest absolute Gasteiger partial charge is 0.444 e. The molecule has 1 aliphatic heterocycles. The van der Waals surface area contributed by atoms with Gasteiger partial charge >= 0.3 is 6.09 Å². The summed E-state index contributed by atoms with van der Waals surface area (Å²) in [6.45, 7) is 6.46. The first-order valence-corrected chi connectivity index (χ1v) is 10.1. The fourth-order valence-electron chi connectivity index (χ4n) is 2.74. The zero-order valence-corrected chi connectivity index (χ0v) is 15.9. The predicted molar refractivity (Wildman–Crippen MR) is 94.0 cm³/mol. The molecule has 2 rings (SSSR count). The van der Waals surface area contributed by atoms with E-state index in [2.05, 4.69) is 0 Å². The number of piperidine rings is 1. The summed E-state index contributed by atoms with van der Waals surface area (Å²) in [4.78, 5) is 14.0. The lowest BCUT2D eigenvalue weighted by Gasteiger charge is -2.34. The van der Waals surface area contributed by atoms with Crippen molar-refractivity contribution in [2.75, 3.05) is 18.8 Å². The van der Waals surface area contributed by atoms with Crippen LogP contribution >= 0.6 is 11.6 Å². The normalized spacial score (nSPS) is 19.2. The Morgan fingerprint density at radius 3 is 2.50 bits per heavy atom. The molecule has 134 valence electrons. The molecule has 0 aromatic heterocycles. The van der Waals surface area contributed by atoms with Crippen molar-refractivity contribution in [1.82, 2.24) is 4.90 Å². The monoisotopic (exact) mass is 373 g/mol. The van der Waals surface area contributed by atoms with E-state index >= 15 is 0 Å². The second-order valence-corrected chi connectivity index (χ2v) is 9.64. The summed E-state index contributed by atoms with van der Waals surface area (Å²) in [5.41, 5.74) is -0.556. The van der Waals surface area contributed by atoms with Crippen LogP contribution in [0.25, 0.3) is 0 Å². The highest BCUT2D eigenvalue weighted by Gasteiger charge is 2.30. The van der Waals surface area contributed by atoms with Crippen LogP contribution in [0.1, 0.15) is 33.6 Å². The molecule has 0 saturated carbocycles. The molecule has 1 heterocycles. The van der Waals surface area contributed by atoms with E-state index in [0.29, 0.717) is 18.1 Å². The third-order valence-corrected chi connectivity index (χ3v) is 5.95. The third kappa shape index (κ3) is 5.38. The quantitative estimate of drug-likeness (QED) is 0.809. The molecule has 5 nitrogen and oxygen atoms in total. The highest BCUT2D eigenvalue weighted by Crippen LogP contribution is 2.24. The fourth-order valence-corrected chi connectivity index (χ4v) is 4.50. The second-order valence-electron chi connectivity index (χ2n) is 7.17. The molecule has 1 unspecified atom stereocenters. The Kier molecular flexibility index (Phi) is 5.81. The van der Waals surface area contributed by atoms with Gasteiger partial charge in [0.1, 0.15) is 5.60 Å². The van der Waals surface area contributed by atoms with Crippen LogP contribution in [-0.2, 0) is 14.6 Å². The molecule has 1 saturated heterocycles. The van der Waals surface area contributed by atoms with Gasteiger partial charge in [0.05, 0.1) is 10.6 Å². The molecule has 0 aliphatic carbocycles. The Labute approximate surface area is 148 Å². The van der Waals surface area contributed by atoms with E-state index in [0.717, 1.165) is 12.8 Å². The van der Waals surface area contributed by atoms with Crippen LogP contribution < -0.4 is 0 Å². The van der Waals surface area contributed by atoms with Gasteiger partial charge in [-0.15, -0.1) is 0 Å². The van der Waals surface area contributed by atoms with Crippen LogP contribution in [0.4, 0.5) is 4.79 Å². The van der Waals surface area contributed by atoms with Crippen molar-refractivity contribution in [1.29, 1.82) is 0 Å². The zero-order chi connectivity index (χ0) is 18.0. The van der Waals surface area contributed by atoms with E-state index in [1.54, 1.807) is 17.0 Å². The standard InChI is InChI=1S/C17H24ClNO4S/c1-17(2,3)23-16(20)19-10-4-5-13(11-19)12-24(21,22)15-8-6-14(18)7-9-15/h6-9,13H,4-5,10-12H2,1-3H3. The van der Waals surface area contributed by atoms with Gasteiger partial charge in [-0.3, -0.25) is 0 Å². The number of hydrogen-bond acceptors (Lipinski definition) is 4. The maximum Gasteiger partial charge on any atom is 0.410 e. The van der Waals surface area contributed by atoms with Gasteiger partial charge in [-0.05, 0) is 63.8 Å². The molecule has 0 spiro atoms. The van der Waals surface area contributed by atoms with Gasteiger partial charge in [0.2, 0.25) is 0 Å². The lowest BCUT2D eigenvalue weighted by molar-refractivity contribution is 0.0176. The van der Waals surface area contributed by atoms with Crippen molar-refractivity contribution >= 4 is 27.5 Å². The van der Waals surface area contributed by atoms with E-state index in [4.69, 9.17) is 16.3 Å². The number of carbonyl (C=O) groups is 1. The molecule has 7 heteroatoms. The maximum absolute atomic E-state index is 12.5. The van der Waals surface area contributed by atoms with Crippen LogP contribution in [0, 0.1) is 5.92 Å². The average molecular weight is 374 g/mol. The number of sulfone groups is 1. The Morgan fingerprint density at radius 1 is 1.29 bits per heavy atom. The Balaban J connectivity index is 2.02. The van der Waals surface area contributed by atoms with E-state index < -0.39 is 15.4 Å². The lowest BCUT2D eigenvalue weighted by Crippen LogP contribution is -2.44. The number of ether oxygens (including phenoxy) is 1.